The van der Waals surface area contributed by atoms with Crippen LogP contribution in [0.15, 0.2) is 53.6 Å². The van der Waals surface area contributed by atoms with Crippen molar-refractivity contribution in [2.45, 2.75) is 19.9 Å². The van der Waals surface area contributed by atoms with Gasteiger partial charge in [-0.15, -0.1) is 0 Å². The Bertz CT molecular complexity index is 1250. The number of thioether (sulfide) groups is 1. The van der Waals surface area contributed by atoms with Gasteiger partial charge in [-0.1, -0.05) is 30.3 Å². The van der Waals surface area contributed by atoms with Gasteiger partial charge >= 0.3 is 0 Å². The summed E-state index contributed by atoms with van der Waals surface area (Å²) in [6, 6.07) is 15.2. The molecule has 1 aromatic heterocycles. The number of imide groups is 1. The normalized spacial score (nSPS) is 18.5. The zero-order valence-corrected chi connectivity index (χ0v) is 19.4. The molecular weight excluding hydrogens is 434 g/mol. The number of nitrogens with zero attached hydrogens (tertiary/aromatic N) is 4. The molecule has 2 saturated heterocycles. The number of hydrogen-bond acceptors (Lipinski definition) is 7. The summed E-state index contributed by atoms with van der Waals surface area (Å²) in [6.07, 6.45) is 3.31. The summed E-state index contributed by atoms with van der Waals surface area (Å²) >= 11 is 0.865. The molecule has 5 rings (SSSR count). The Morgan fingerprint density at radius 1 is 1.03 bits per heavy atom. The molecule has 1 N–H and O–H groups in total. The maximum absolute atomic E-state index is 11.9. The van der Waals surface area contributed by atoms with E-state index in [9.17, 15) is 9.59 Å². The molecule has 0 bridgehead atoms. The Morgan fingerprint density at radius 3 is 2.45 bits per heavy atom. The third-order valence-corrected chi connectivity index (χ3v) is 6.93. The fraction of sp³-hybridized carbons (Fsp3) is 0.280. The average molecular weight is 460 g/mol. The lowest BCUT2D eigenvalue weighted by atomic mass is 10.0. The van der Waals surface area contributed by atoms with E-state index in [4.69, 9.17) is 4.98 Å². The fourth-order valence-electron chi connectivity index (χ4n) is 4.26. The summed E-state index contributed by atoms with van der Waals surface area (Å²) < 4.78 is 0. The first-order valence-electron chi connectivity index (χ1n) is 11.1. The molecular formula is C25H25N5O2S. The van der Waals surface area contributed by atoms with Crippen LogP contribution < -0.4 is 10.2 Å². The minimum Gasteiger partial charge on any atom is -0.369 e. The largest absolute Gasteiger partial charge is 0.369 e. The number of benzene rings is 2. The number of fused-ring (bicyclic) bond motifs is 1. The first-order chi connectivity index (χ1) is 16.0. The van der Waals surface area contributed by atoms with Crippen molar-refractivity contribution in [1.29, 1.82) is 0 Å². The third-order valence-electron chi connectivity index (χ3n) is 6.12. The quantitative estimate of drug-likeness (QED) is 0.587. The van der Waals surface area contributed by atoms with E-state index >= 15 is 0 Å². The molecule has 0 unspecified atom stereocenters. The maximum atomic E-state index is 11.9. The van der Waals surface area contributed by atoms with Gasteiger partial charge in [0.25, 0.3) is 11.1 Å². The van der Waals surface area contributed by atoms with Crippen LogP contribution in [0.5, 0.6) is 0 Å². The van der Waals surface area contributed by atoms with Crippen LogP contribution in [0.3, 0.4) is 0 Å². The van der Waals surface area contributed by atoms with Gasteiger partial charge in [-0.25, -0.2) is 9.97 Å². The molecule has 0 radical (unpaired) electrons. The van der Waals surface area contributed by atoms with E-state index in [1.54, 1.807) is 12.3 Å². The number of carbonyl (C=O) groups is 2. The third kappa shape index (κ3) is 4.49. The van der Waals surface area contributed by atoms with Gasteiger partial charge in [-0.3, -0.25) is 19.8 Å². The standard InChI is InChI=1S/C25H25N5O2S/c1-16(2)29-10-12-30(13-11-29)19-8-6-17(7-9-19)20-5-3-4-18-15-26-22(27-23(18)20)14-21-24(31)28-25(32)33-21/h3-9,14-16H,10-13H2,1-2H3,(H,28,31,32). The van der Waals surface area contributed by atoms with E-state index in [1.807, 2.05) is 18.2 Å². The number of nitrogens with one attached hydrogen (secondary N) is 1. The number of para-hydroxylation sites is 1. The molecule has 2 fully saturated rings. The van der Waals surface area contributed by atoms with E-state index in [2.05, 4.69) is 58.2 Å². The minimum absolute atomic E-state index is 0.304. The maximum Gasteiger partial charge on any atom is 0.290 e. The highest BCUT2D eigenvalue weighted by atomic mass is 32.2. The van der Waals surface area contributed by atoms with Crippen molar-refractivity contribution in [3.8, 4) is 11.1 Å². The summed E-state index contributed by atoms with van der Waals surface area (Å²) in [5, 5.41) is 2.80. The molecule has 0 aliphatic carbocycles. The monoisotopic (exact) mass is 459 g/mol. The van der Waals surface area contributed by atoms with Crippen molar-refractivity contribution in [2.24, 2.45) is 0 Å². The summed E-state index contributed by atoms with van der Waals surface area (Å²) in [4.78, 5) is 37.6. The highest BCUT2D eigenvalue weighted by molar-refractivity contribution is 8.18. The highest BCUT2D eigenvalue weighted by Gasteiger charge is 2.25. The lowest BCUT2D eigenvalue weighted by molar-refractivity contribution is -0.115. The Kier molecular flexibility index (Phi) is 5.86. The van der Waals surface area contributed by atoms with Gasteiger partial charge < -0.3 is 4.90 Å². The number of rotatable bonds is 4. The lowest BCUT2D eigenvalue weighted by Gasteiger charge is -2.38. The Labute approximate surface area is 196 Å². The molecule has 2 aromatic carbocycles. The number of anilines is 1. The second-order valence-electron chi connectivity index (χ2n) is 8.49. The number of amides is 2. The highest BCUT2D eigenvalue weighted by Crippen LogP contribution is 2.30. The van der Waals surface area contributed by atoms with Gasteiger partial charge in [0, 0.05) is 61.1 Å². The van der Waals surface area contributed by atoms with Crippen molar-refractivity contribution in [1.82, 2.24) is 20.2 Å². The summed E-state index contributed by atoms with van der Waals surface area (Å²) in [5.74, 6) is -0.00579. The van der Waals surface area contributed by atoms with Crippen LogP contribution in [0.4, 0.5) is 10.5 Å². The average Bonchev–Trinajstić information content (AvgIpc) is 3.15. The zero-order valence-electron chi connectivity index (χ0n) is 18.6. The second kappa shape index (κ2) is 8.96. The van der Waals surface area contributed by atoms with E-state index < -0.39 is 5.91 Å². The van der Waals surface area contributed by atoms with E-state index in [0.29, 0.717) is 16.8 Å². The molecule has 168 valence electrons. The van der Waals surface area contributed by atoms with Gasteiger partial charge in [-0.05, 0) is 43.3 Å². The molecule has 7 nitrogen and oxygen atoms in total. The molecule has 2 aliphatic rings. The molecule has 0 saturated carbocycles. The van der Waals surface area contributed by atoms with Crippen molar-refractivity contribution in [2.75, 3.05) is 31.1 Å². The number of carbonyl (C=O) groups excluding carboxylic acids is 2. The molecule has 3 heterocycles. The van der Waals surface area contributed by atoms with E-state index in [1.165, 1.54) is 5.69 Å². The molecule has 2 amide bonds. The van der Waals surface area contributed by atoms with Gasteiger partial charge in [0.05, 0.1) is 10.4 Å². The summed E-state index contributed by atoms with van der Waals surface area (Å²) in [6.45, 7) is 8.73. The van der Waals surface area contributed by atoms with Crippen LogP contribution >= 0.6 is 11.8 Å². The topological polar surface area (TPSA) is 78.4 Å². The van der Waals surface area contributed by atoms with Crippen LogP contribution in [-0.2, 0) is 4.79 Å². The molecule has 8 heteroatoms. The Hall–Kier alpha value is -3.23. The van der Waals surface area contributed by atoms with Gasteiger partial charge in [0.15, 0.2) is 5.82 Å². The van der Waals surface area contributed by atoms with E-state index in [0.717, 1.165) is 60.0 Å². The van der Waals surface area contributed by atoms with Crippen molar-refractivity contribution in [3.63, 3.8) is 0 Å². The number of hydrogen-bond donors (Lipinski definition) is 1. The molecule has 33 heavy (non-hydrogen) atoms. The Balaban J connectivity index is 1.42. The SMILES string of the molecule is CC(C)N1CCN(c2ccc(-c3cccc4cnc(C=C5SC(=O)NC5=O)nc34)cc2)CC1. The van der Waals surface area contributed by atoms with Gasteiger partial charge in [0.1, 0.15) is 0 Å². The van der Waals surface area contributed by atoms with Crippen LogP contribution in [0.2, 0.25) is 0 Å². The molecule has 2 aliphatic heterocycles. The fourth-order valence-corrected chi connectivity index (χ4v) is 4.91. The smallest absolute Gasteiger partial charge is 0.290 e. The minimum atomic E-state index is -0.410. The number of aromatic nitrogens is 2. The predicted molar refractivity (Wildman–Crippen MR) is 133 cm³/mol. The van der Waals surface area contributed by atoms with Crippen LogP contribution in [0.1, 0.15) is 19.7 Å². The zero-order chi connectivity index (χ0) is 22.9. The van der Waals surface area contributed by atoms with Crippen LogP contribution in [-0.4, -0.2) is 58.2 Å². The first kappa shape index (κ1) is 21.6. The predicted octanol–water partition coefficient (Wildman–Crippen LogP) is 4.15. The van der Waals surface area contributed by atoms with Gasteiger partial charge in [-0.2, -0.15) is 0 Å². The van der Waals surface area contributed by atoms with Crippen LogP contribution in [0, 0.1) is 0 Å². The van der Waals surface area contributed by atoms with Crippen LogP contribution in [0.25, 0.3) is 28.1 Å². The van der Waals surface area contributed by atoms with Crippen molar-refractivity contribution < 1.29 is 9.59 Å². The van der Waals surface area contributed by atoms with Crippen molar-refractivity contribution >= 4 is 45.6 Å². The van der Waals surface area contributed by atoms with Crippen molar-refractivity contribution in [3.05, 3.63) is 59.4 Å². The first-order valence-corrected chi connectivity index (χ1v) is 11.9. The Morgan fingerprint density at radius 2 is 1.79 bits per heavy atom. The number of piperazine rings is 1. The van der Waals surface area contributed by atoms with E-state index in [-0.39, 0.29) is 5.24 Å². The molecule has 3 aromatic rings. The molecule has 0 atom stereocenters. The van der Waals surface area contributed by atoms with Gasteiger partial charge in [0.2, 0.25) is 0 Å². The summed E-state index contributed by atoms with van der Waals surface area (Å²) in [5.41, 5.74) is 4.12. The second-order valence-corrected chi connectivity index (χ2v) is 9.50. The molecule has 0 spiro atoms. The lowest BCUT2D eigenvalue weighted by Crippen LogP contribution is -2.48. The summed E-state index contributed by atoms with van der Waals surface area (Å²) in [7, 11) is 0.